The minimum Gasteiger partial charge on any atom is -0.506 e. The summed E-state index contributed by atoms with van der Waals surface area (Å²) in [4.78, 5) is 14.3. The molecule has 2 aromatic carbocycles. The molecule has 0 aliphatic carbocycles. The Morgan fingerprint density at radius 1 is 1.30 bits per heavy atom. The third-order valence-corrected chi connectivity index (χ3v) is 3.77. The van der Waals surface area contributed by atoms with Crippen molar-refractivity contribution in [3.05, 3.63) is 57.6 Å². The molecule has 2 rings (SSSR count). The van der Waals surface area contributed by atoms with E-state index in [1.54, 1.807) is 12.1 Å². The molecular formula is C17H18N2O4. The Kier molecular flexibility index (Phi) is 4.95. The van der Waals surface area contributed by atoms with Gasteiger partial charge in [-0.05, 0) is 36.1 Å². The number of benzene rings is 2. The third kappa shape index (κ3) is 3.66. The Morgan fingerprint density at radius 3 is 2.70 bits per heavy atom. The van der Waals surface area contributed by atoms with Crippen molar-refractivity contribution in [1.82, 2.24) is 0 Å². The van der Waals surface area contributed by atoms with Gasteiger partial charge >= 0.3 is 5.69 Å². The van der Waals surface area contributed by atoms with Crippen LogP contribution in [0.2, 0.25) is 0 Å². The van der Waals surface area contributed by atoms with Gasteiger partial charge in [-0.25, -0.2) is 0 Å². The lowest BCUT2D eigenvalue weighted by Gasteiger charge is -2.10. The zero-order valence-electron chi connectivity index (χ0n) is 12.9. The zero-order chi connectivity index (χ0) is 17.0. The number of para-hydroxylation sites is 1. The number of nitro groups is 1. The van der Waals surface area contributed by atoms with Crippen LogP contribution >= 0.6 is 0 Å². The molecule has 23 heavy (non-hydrogen) atoms. The highest BCUT2D eigenvalue weighted by molar-refractivity contribution is 5.87. The van der Waals surface area contributed by atoms with E-state index in [0.29, 0.717) is 11.6 Å². The van der Waals surface area contributed by atoms with Gasteiger partial charge in [0, 0.05) is 17.8 Å². The maximum Gasteiger partial charge on any atom is 0.311 e. The molecule has 6 heteroatoms. The van der Waals surface area contributed by atoms with Crippen molar-refractivity contribution in [2.75, 3.05) is 0 Å². The lowest BCUT2D eigenvalue weighted by Crippen LogP contribution is -1.92. The monoisotopic (exact) mass is 314 g/mol. The van der Waals surface area contributed by atoms with E-state index in [9.17, 15) is 20.3 Å². The van der Waals surface area contributed by atoms with E-state index in [1.807, 2.05) is 6.07 Å². The number of nitro benzene ring substituents is 1. The summed E-state index contributed by atoms with van der Waals surface area (Å²) in [5.74, 6) is -0.104. The Labute approximate surface area is 133 Å². The van der Waals surface area contributed by atoms with Gasteiger partial charge in [-0.2, -0.15) is 0 Å². The van der Waals surface area contributed by atoms with Crippen LogP contribution in [0.3, 0.4) is 0 Å². The highest BCUT2D eigenvalue weighted by atomic mass is 16.6. The van der Waals surface area contributed by atoms with E-state index >= 15 is 0 Å². The van der Waals surface area contributed by atoms with Gasteiger partial charge in [0.05, 0.1) is 4.92 Å². The Bertz CT molecular complexity index is 756. The van der Waals surface area contributed by atoms with Crippen LogP contribution in [-0.4, -0.2) is 21.4 Å². The average Bonchev–Trinajstić information content (AvgIpc) is 2.54. The number of aromatic hydroxyl groups is 2. The summed E-state index contributed by atoms with van der Waals surface area (Å²) in [7, 11) is 0. The molecule has 0 aromatic heterocycles. The summed E-state index contributed by atoms with van der Waals surface area (Å²) in [6, 6.07) is 9.38. The quantitative estimate of drug-likeness (QED) is 0.489. The number of hydrogen-bond donors (Lipinski definition) is 2. The first-order valence-corrected chi connectivity index (χ1v) is 7.27. The molecule has 0 saturated carbocycles. The molecule has 0 radical (unpaired) electrons. The summed E-state index contributed by atoms with van der Waals surface area (Å²) >= 11 is 0. The summed E-state index contributed by atoms with van der Waals surface area (Å²) in [5, 5.41) is 30.6. The summed E-state index contributed by atoms with van der Waals surface area (Å²) in [5.41, 5.74) is 1.23. The van der Waals surface area contributed by atoms with Gasteiger partial charge in [-0.3, -0.25) is 15.1 Å². The van der Waals surface area contributed by atoms with Crippen LogP contribution in [0.15, 0.2) is 41.4 Å². The molecule has 0 aliphatic rings. The number of phenols is 2. The highest BCUT2D eigenvalue weighted by Crippen LogP contribution is 2.32. The molecule has 0 bridgehead atoms. The minimum absolute atomic E-state index is 0.0122. The number of hydrogen-bond acceptors (Lipinski definition) is 5. The second-order valence-corrected chi connectivity index (χ2v) is 5.29. The van der Waals surface area contributed by atoms with E-state index in [4.69, 9.17) is 0 Å². The van der Waals surface area contributed by atoms with Crippen molar-refractivity contribution in [1.29, 1.82) is 0 Å². The molecule has 0 spiro atoms. The largest absolute Gasteiger partial charge is 0.506 e. The third-order valence-electron chi connectivity index (χ3n) is 3.77. The van der Waals surface area contributed by atoms with Gasteiger partial charge in [0.1, 0.15) is 11.4 Å². The van der Waals surface area contributed by atoms with Crippen LogP contribution in [0.5, 0.6) is 11.5 Å². The fourth-order valence-electron chi connectivity index (χ4n) is 2.13. The summed E-state index contributed by atoms with van der Waals surface area (Å²) < 4.78 is 0. The Balaban J connectivity index is 2.37. The van der Waals surface area contributed by atoms with E-state index in [0.717, 1.165) is 12.0 Å². The van der Waals surface area contributed by atoms with E-state index in [-0.39, 0.29) is 17.0 Å². The van der Waals surface area contributed by atoms with Crippen molar-refractivity contribution in [2.45, 2.75) is 26.2 Å². The first-order valence-electron chi connectivity index (χ1n) is 7.27. The Hall–Kier alpha value is -2.89. The predicted octanol–water partition coefficient (Wildman–Crippen LogP) is 4.27. The predicted molar refractivity (Wildman–Crippen MR) is 88.8 cm³/mol. The number of aliphatic imine (C=N–C) groups is 1. The smallest absolute Gasteiger partial charge is 0.311 e. The molecular weight excluding hydrogens is 296 g/mol. The molecule has 1 atom stereocenters. The van der Waals surface area contributed by atoms with E-state index in [2.05, 4.69) is 18.8 Å². The highest BCUT2D eigenvalue weighted by Gasteiger charge is 2.15. The fraction of sp³-hybridized carbons (Fsp3) is 0.235. The lowest BCUT2D eigenvalue weighted by molar-refractivity contribution is -0.385. The van der Waals surface area contributed by atoms with Crippen molar-refractivity contribution >= 4 is 17.6 Å². The fourth-order valence-corrected chi connectivity index (χ4v) is 2.13. The van der Waals surface area contributed by atoms with Gasteiger partial charge in [0.25, 0.3) is 0 Å². The van der Waals surface area contributed by atoms with Crippen LogP contribution in [-0.2, 0) is 0 Å². The molecule has 0 heterocycles. The molecule has 120 valence electrons. The zero-order valence-corrected chi connectivity index (χ0v) is 12.9. The summed E-state index contributed by atoms with van der Waals surface area (Å²) in [6.45, 7) is 4.15. The normalized spacial score (nSPS) is 12.4. The van der Waals surface area contributed by atoms with Crippen LogP contribution in [0.1, 0.15) is 37.3 Å². The van der Waals surface area contributed by atoms with Crippen LogP contribution in [0, 0.1) is 10.1 Å². The first-order chi connectivity index (χ1) is 10.9. The number of rotatable bonds is 5. The van der Waals surface area contributed by atoms with Crippen LogP contribution in [0.25, 0.3) is 0 Å². The molecule has 0 unspecified atom stereocenters. The molecule has 6 nitrogen and oxygen atoms in total. The first kappa shape index (κ1) is 16.5. The van der Waals surface area contributed by atoms with Crippen molar-refractivity contribution < 1.29 is 15.1 Å². The number of phenolic OH excluding ortho intramolecular Hbond substituents is 2. The maximum absolute atomic E-state index is 10.8. The molecule has 2 aromatic rings. The molecule has 2 N–H and O–H groups in total. The van der Waals surface area contributed by atoms with Crippen LogP contribution in [0.4, 0.5) is 11.4 Å². The van der Waals surface area contributed by atoms with Gasteiger partial charge in [-0.1, -0.05) is 26.0 Å². The van der Waals surface area contributed by atoms with Gasteiger partial charge in [0.15, 0.2) is 0 Å². The standard InChI is InChI=1S/C17H18N2O4/c1-3-11(2)12-7-8-16(20)14(9-12)18-10-13-5-4-6-15(17(13)21)19(22)23/h4-11,20-21H,3H2,1-2H3/t11-/m1/s1. The van der Waals surface area contributed by atoms with Gasteiger partial charge in [-0.15, -0.1) is 0 Å². The SMILES string of the molecule is CC[C@@H](C)c1ccc(O)c(N=Cc2cccc([N+](=O)[O-])c2O)c1. The molecule has 0 amide bonds. The topological polar surface area (TPSA) is 96.0 Å². The molecule has 0 saturated heterocycles. The Morgan fingerprint density at radius 2 is 2.04 bits per heavy atom. The van der Waals surface area contributed by atoms with Crippen molar-refractivity contribution in [2.24, 2.45) is 4.99 Å². The lowest BCUT2D eigenvalue weighted by atomic mass is 9.98. The van der Waals surface area contributed by atoms with Crippen LogP contribution < -0.4 is 0 Å². The van der Waals surface area contributed by atoms with Crippen molar-refractivity contribution in [3.8, 4) is 11.5 Å². The van der Waals surface area contributed by atoms with Gasteiger partial charge < -0.3 is 10.2 Å². The van der Waals surface area contributed by atoms with Crippen molar-refractivity contribution in [3.63, 3.8) is 0 Å². The average molecular weight is 314 g/mol. The summed E-state index contributed by atoms with van der Waals surface area (Å²) in [6.07, 6.45) is 2.26. The number of nitrogens with zero attached hydrogens (tertiary/aromatic N) is 2. The molecule has 0 fully saturated rings. The van der Waals surface area contributed by atoms with E-state index < -0.39 is 10.7 Å². The minimum atomic E-state index is -0.659. The van der Waals surface area contributed by atoms with E-state index in [1.165, 1.54) is 24.4 Å². The second-order valence-electron chi connectivity index (χ2n) is 5.29. The maximum atomic E-state index is 10.8. The second kappa shape index (κ2) is 6.91. The molecule has 0 aliphatic heterocycles. The van der Waals surface area contributed by atoms with Gasteiger partial charge in [0.2, 0.25) is 5.75 Å².